The van der Waals surface area contributed by atoms with Gasteiger partial charge in [0.25, 0.3) is 10.0 Å². The molecule has 2 amide bonds. The van der Waals surface area contributed by atoms with Crippen molar-refractivity contribution in [2.75, 3.05) is 0 Å². The second kappa shape index (κ2) is 2.35. The highest BCUT2D eigenvalue weighted by molar-refractivity contribution is 7.93. The maximum Gasteiger partial charge on any atom is 0.334 e. The summed E-state index contributed by atoms with van der Waals surface area (Å²) in [6.07, 6.45) is 1.91. The lowest BCUT2D eigenvalue weighted by Crippen LogP contribution is -2.39. The Labute approximate surface area is 63.1 Å². The highest BCUT2D eigenvalue weighted by Gasteiger charge is 2.22. The fourth-order valence-electron chi connectivity index (χ4n) is 0.525. The van der Waals surface area contributed by atoms with Crippen LogP contribution in [0.15, 0.2) is 16.6 Å². The second-order valence-corrected chi connectivity index (χ2v) is 3.42. The molecule has 0 aliphatic carbocycles. The second-order valence-electron chi connectivity index (χ2n) is 1.73. The number of carbonyl (C=O) groups is 1. The summed E-state index contributed by atoms with van der Waals surface area (Å²) in [5, 5.41) is 0.789. The van der Waals surface area contributed by atoms with E-state index in [-0.39, 0.29) is 0 Å². The molecule has 1 heterocycles. The minimum Gasteiger partial charge on any atom is -0.350 e. The molecule has 0 aromatic heterocycles. The number of amides is 2. The van der Waals surface area contributed by atoms with E-state index in [0.29, 0.717) is 4.31 Å². The van der Waals surface area contributed by atoms with E-state index < -0.39 is 16.1 Å². The van der Waals surface area contributed by atoms with Crippen LogP contribution in [0, 0.1) is 0 Å². The number of nitrogens with two attached hydrogens (primary N) is 1. The summed E-state index contributed by atoms with van der Waals surface area (Å²) >= 11 is 0. The van der Waals surface area contributed by atoms with Gasteiger partial charge < -0.3 is 5.73 Å². The molecule has 7 heteroatoms. The number of primary amides is 1. The Morgan fingerprint density at radius 3 is 2.55 bits per heavy atom. The van der Waals surface area contributed by atoms with Crippen molar-refractivity contribution in [1.82, 2.24) is 4.31 Å². The van der Waals surface area contributed by atoms with Crippen LogP contribution in [0.5, 0.6) is 0 Å². The predicted molar refractivity (Wildman–Crippen MR) is 38.0 cm³/mol. The van der Waals surface area contributed by atoms with Crippen LogP contribution < -0.4 is 5.73 Å². The molecule has 0 bridgehead atoms. The number of nitrogens with zero attached hydrogens (tertiary/aromatic N) is 2. The van der Waals surface area contributed by atoms with Gasteiger partial charge in [-0.3, -0.25) is 0 Å². The Hall–Kier alpha value is -1.37. The lowest BCUT2D eigenvalue weighted by molar-refractivity contribution is 0.243. The van der Waals surface area contributed by atoms with E-state index in [2.05, 4.69) is 4.99 Å². The van der Waals surface area contributed by atoms with E-state index in [1.54, 1.807) is 0 Å². The molecule has 0 radical (unpaired) electrons. The van der Waals surface area contributed by atoms with E-state index >= 15 is 0 Å². The van der Waals surface area contributed by atoms with E-state index in [4.69, 9.17) is 5.73 Å². The third kappa shape index (κ3) is 1.37. The summed E-state index contributed by atoms with van der Waals surface area (Å²) < 4.78 is 22.1. The van der Waals surface area contributed by atoms with Crippen LogP contribution in [-0.2, 0) is 10.0 Å². The number of sulfonamides is 1. The van der Waals surface area contributed by atoms with Crippen LogP contribution in [-0.4, -0.2) is 25.1 Å². The Balaban J connectivity index is 3.09. The maximum absolute atomic E-state index is 10.9. The molecule has 0 atom stereocenters. The number of urea groups is 1. The van der Waals surface area contributed by atoms with Gasteiger partial charge in [-0.1, -0.05) is 0 Å². The number of rotatable bonds is 0. The average molecular weight is 175 g/mol. The van der Waals surface area contributed by atoms with Crippen molar-refractivity contribution in [3.8, 4) is 0 Å². The SMILES string of the molecule is NC(=O)N1C=NC=CS1(=O)=O. The molecule has 0 aromatic carbocycles. The fourth-order valence-corrected chi connectivity index (χ4v) is 1.32. The fraction of sp³-hybridized carbons (Fsp3) is 0. The molecular weight excluding hydrogens is 170 g/mol. The van der Waals surface area contributed by atoms with Crippen molar-refractivity contribution in [3.63, 3.8) is 0 Å². The molecule has 0 unspecified atom stereocenters. The van der Waals surface area contributed by atoms with Gasteiger partial charge in [0.1, 0.15) is 6.34 Å². The first-order chi connectivity index (χ1) is 5.04. The Bertz CT molecular complexity index is 328. The van der Waals surface area contributed by atoms with Crippen molar-refractivity contribution in [3.05, 3.63) is 11.6 Å². The zero-order chi connectivity index (χ0) is 8.48. The van der Waals surface area contributed by atoms with Crippen molar-refractivity contribution < 1.29 is 13.2 Å². The number of carbonyl (C=O) groups excluding carboxylic acids is 1. The molecule has 0 spiro atoms. The van der Waals surface area contributed by atoms with Gasteiger partial charge >= 0.3 is 6.03 Å². The van der Waals surface area contributed by atoms with Crippen LogP contribution in [0.2, 0.25) is 0 Å². The Morgan fingerprint density at radius 2 is 2.18 bits per heavy atom. The average Bonchev–Trinajstić information content (AvgIpc) is 1.85. The molecule has 6 nitrogen and oxygen atoms in total. The molecular formula is C4H5N3O3S. The van der Waals surface area contributed by atoms with E-state index in [9.17, 15) is 13.2 Å². The zero-order valence-corrected chi connectivity index (χ0v) is 6.15. The molecule has 0 saturated heterocycles. The number of hydrogen-bond donors (Lipinski definition) is 1. The van der Waals surface area contributed by atoms with Crippen LogP contribution >= 0.6 is 0 Å². The van der Waals surface area contributed by atoms with Gasteiger partial charge in [-0.15, -0.1) is 0 Å². The lowest BCUT2D eigenvalue weighted by Gasteiger charge is -2.13. The summed E-state index contributed by atoms with van der Waals surface area (Å²) in [5.41, 5.74) is 4.73. The molecule has 1 rings (SSSR count). The Morgan fingerprint density at radius 1 is 1.55 bits per heavy atom. The standard InChI is InChI=1S/C4H5N3O3S/c5-4(8)7-3-6-1-2-11(7,9)10/h1-3H,(H2,5,8). The highest BCUT2D eigenvalue weighted by Crippen LogP contribution is 2.04. The smallest absolute Gasteiger partial charge is 0.334 e. The molecule has 0 fully saturated rings. The summed E-state index contributed by atoms with van der Waals surface area (Å²) in [6, 6.07) is -1.07. The minimum atomic E-state index is -3.69. The van der Waals surface area contributed by atoms with Gasteiger partial charge in [0.15, 0.2) is 0 Å². The van der Waals surface area contributed by atoms with Crippen LogP contribution in [0.3, 0.4) is 0 Å². The zero-order valence-electron chi connectivity index (χ0n) is 5.34. The van der Waals surface area contributed by atoms with Crippen molar-refractivity contribution in [2.24, 2.45) is 10.7 Å². The Kier molecular flexibility index (Phi) is 1.65. The molecule has 1 aliphatic rings. The van der Waals surface area contributed by atoms with E-state index in [1.165, 1.54) is 0 Å². The first kappa shape index (κ1) is 7.73. The van der Waals surface area contributed by atoms with E-state index in [1.807, 2.05) is 0 Å². The monoisotopic (exact) mass is 175 g/mol. The normalized spacial score (nSPS) is 20.2. The number of hydrogen-bond acceptors (Lipinski definition) is 4. The summed E-state index contributed by atoms with van der Waals surface area (Å²) in [6.45, 7) is 0. The van der Waals surface area contributed by atoms with Gasteiger partial charge in [-0.2, -0.15) is 4.31 Å². The lowest BCUT2D eigenvalue weighted by atomic mass is 10.9. The molecule has 0 saturated carbocycles. The van der Waals surface area contributed by atoms with Crippen LogP contribution in [0.1, 0.15) is 0 Å². The molecule has 60 valence electrons. The first-order valence-electron chi connectivity index (χ1n) is 2.58. The van der Waals surface area contributed by atoms with Crippen molar-refractivity contribution >= 4 is 22.4 Å². The van der Waals surface area contributed by atoms with Gasteiger partial charge in [0.2, 0.25) is 0 Å². The van der Waals surface area contributed by atoms with Crippen LogP contribution in [0.25, 0.3) is 0 Å². The third-order valence-electron chi connectivity index (χ3n) is 0.982. The molecule has 2 N–H and O–H groups in total. The number of aliphatic imine (C=N–C) groups is 1. The van der Waals surface area contributed by atoms with Crippen molar-refractivity contribution in [2.45, 2.75) is 0 Å². The van der Waals surface area contributed by atoms with Gasteiger partial charge in [-0.25, -0.2) is 18.2 Å². The summed E-state index contributed by atoms with van der Waals surface area (Å²) in [7, 11) is -3.69. The third-order valence-corrected chi connectivity index (χ3v) is 2.27. The molecule has 0 aromatic rings. The summed E-state index contributed by atoms with van der Waals surface area (Å²) in [5.74, 6) is 0. The maximum atomic E-state index is 10.9. The quantitative estimate of drug-likeness (QED) is 0.522. The van der Waals surface area contributed by atoms with Gasteiger partial charge in [-0.05, 0) is 0 Å². The van der Waals surface area contributed by atoms with Crippen LogP contribution in [0.4, 0.5) is 4.79 Å². The topological polar surface area (TPSA) is 92.8 Å². The molecule has 11 heavy (non-hydrogen) atoms. The molecule has 1 aliphatic heterocycles. The first-order valence-corrected chi connectivity index (χ1v) is 4.08. The van der Waals surface area contributed by atoms with Crippen molar-refractivity contribution in [1.29, 1.82) is 0 Å². The highest BCUT2D eigenvalue weighted by atomic mass is 32.2. The minimum absolute atomic E-state index is 0.354. The van der Waals surface area contributed by atoms with Gasteiger partial charge in [0.05, 0.1) is 5.41 Å². The summed E-state index contributed by atoms with van der Waals surface area (Å²) in [4.78, 5) is 13.8. The van der Waals surface area contributed by atoms with E-state index in [0.717, 1.165) is 17.9 Å². The largest absolute Gasteiger partial charge is 0.350 e. The van der Waals surface area contributed by atoms with Gasteiger partial charge in [0, 0.05) is 6.20 Å². The predicted octanol–water partition coefficient (Wildman–Crippen LogP) is -0.790.